The van der Waals surface area contributed by atoms with Gasteiger partial charge in [0, 0.05) is 4.83 Å². The molecular weight excluding hydrogens is 216 g/mol. The normalized spacial score (nSPS) is 29.7. The average molecular weight is 231 g/mol. The number of aliphatic hydroxyl groups is 1. The molecule has 0 aromatic carbocycles. The summed E-state index contributed by atoms with van der Waals surface area (Å²) in [5, 5.41) is 9.29. The lowest BCUT2D eigenvalue weighted by atomic mass is 9.85. The molecular formula is C10H15BrO. The smallest absolute Gasteiger partial charge is 0.111 e. The van der Waals surface area contributed by atoms with Crippen molar-refractivity contribution in [3.05, 3.63) is 24.0 Å². The van der Waals surface area contributed by atoms with Crippen molar-refractivity contribution in [2.45, 2.75) is 31.0 Å². The van der Waals surface area contributed by atoms with Crippen LogP contribution in [0.5, 0.6) is 0 Å². The van der Waals surface area contributed by atoms with E-state index in [2.05, 4.69) is 35.5 Å². The molecule has 0 bridgehead atoms. The molecule has 1 nitrogen and oxygen atoms in total. The largest absolute Gasteiger partial charge is 0.508 e. The van der Waals surface area contributed by atoms with Gasteiger partial charge < -0.3 is 5.11 Å². The fourth-order valence-electron chi connectivity index (χ4n) is 1.69. The topological polar surface area (TPSA) is 20.2 Å². The Balaban J connectivity index is 2.75. The Kier molecular flexibility index (Phi) is 3.39. The van der Waals surface area contributed by atoms with E-state index in [-0.39, 0.29) is 5.76 Å². The van der Waals surface area contributed by atoms with Gasteiger partial charge in [-0.25, -0.2) is 0 Å². The fourth-order valence-corrected chi connectivity index (χ4v) is 2.33. The van der Waals surface area contributed by atoms with E-state index in [4.69, 9.17) is 0 Å². The molecule has 2 heteroatoms. The minimum absolute atomic E-state index is 0.251. The summed E-state index contributed by atoms with van der Waals surface area (Å²) < 4.78 is 0. The molecule has 0 spiro atoms. The van der Waals surface area contributed by atoms with Crippen molar-refractivity contribution in [3.63, 3.8) is 0 Å². The van der Waals surface area contributed by atoms with Crippen molar-refractivity contribution < 1.29 is 5.11 Å². The van der Waals surface area contributed by atoms with Crippen molar-refractivity contribution in [2.75, 3.05) is 0 Å². The summed E-state index contributed by atoms with van der Waals surface area (Å²) in [5.74, 6) is 0.738. The molecule has 0 amide bonds. The Morgan fingerprint density at radius 3 is 3.00 bits per heavy atom. The highest BCUT2D eigenvalue weighted by atomic mass is 79.9. The molecule has 0 aromatic heterocycles. The Morgan fingerprint density at radius 1 is 1.83 bits per heavy atom. The number of hydrogen-bond donors (Lipinski definition) is 1. The van der Waals surface area contributed by atoms with Crippen LogP contribution in [0.3, 0.4) is 0 Å². The van der Waals surface area contributed by atoms with Crippen LogP contribution >= 0.6 is 15.9 Å². The standard InChI is InChI=1S/C10H15BrO/c1-3-8-6-9(11)4-5-10(8)7(2)12/h5,8-9,12H,2-4,6H2,1H3. The monoisotopic (exact) mass is 230 g/mol. The van der Waals surface area contributed by atoms with E-state index in [1.54, 1.807) is 0 Å². The van der Waals surface area contributed by atoms with Crippen LogP contribution in [-0.2, 0) is 0 Å². The van der Waals surface area contributed by atoms with Gasteiger partial charge in [0.15, 0.2) is 0 Å². The van der Waals surface area contributed by atoms with Crippen LogP contribution in [0.25, 0.3) is 0 Å². The molecule has 2 atom stereocenters. The molecule has 0 radical (unpaired) electrons. The average Bonchev–Trinajstić information content (AvgIpc) is 2.03. The van der Waals surface area contributed by atoms with Crippen LogP contribution in [0.15, 0.2) is 24.0 Å². The van der Waals surface area contributed by atoms with E-state index >= 15 is 0 Å². The van der Waals surface area contributed by atoms with Gasteiger partial charge in [0.05, 0.1) is 0 Å². The van der Waals surface area contributed by atoms with Gasteiger partial charge >= 0.3 is 0 Å². The zero-order chi connectivity index (χ0) is 9.14. The highest BCUT2D eigenvalue weighted by molar-refractivity contribution is 9.09. The van der Waals surface area contributed by atoms with Crippen LogP contribution in [0.2, 0.25) is 0 Å². The van der Waals surface area contributed by atoms with Crippen molar-refractivity contribution in [1.29, 1.82) is 0 Å². The SMILES string of the molecule is C=C(O)C1=CCC(Br)CC1CC. The molecule has 1 aliphatic carbocycles. The molecule has 1 rings (SSSR count). The van der Waals surface area contributed by atoms with E-state index in [1.807, 2.05) is 0 Å². The van der Waals surface area contributed by atoms with E-state index in [9.17, 15) is 5.11 Å². The maximum absolute atomic E-state index is 9.29. The molecule has 0 saturated heterocycles. The molecule has 12 heavy (non-hydrogen) atoms. The molecule has 0 fully saturated rings. The van der Waals surface area contributed by atoms with E-state index in [1.165, 1.54) is 0 Å². The van der Waals surface area contributed by atoms with Crippen LogP contribution in [0.4, 0.5) is 0 Å². The Hall–Kier alpha value is -0.240. The number of rotatable bonds is 2. The summed E-state index contributed by atoms with van der Waals surface area (Å²) >= 11 is 3.59. The first-order chi connectivity index (χ1) is 5.65. The van der Waals surface area contributed by atoms with Gasteiger partial charge in [0.25, 0.3) is 0 Å². The summed E-state index contributed by atoms with van der Waals surface area (Å²) in [6, 6.07) is 0. The second kappa shape index (κ2) is 4.13. The highest BCUT2D eigenvalue weighted by Crippen LogP contribution is 2.33. The predicted molar refractivity (Wildman–Crippen MR) is 55.6 cm³/mol. The van der Waals surface area contributed by atoms with Crippen molar-refractivity contribution in [3.8, 4) is 0 Å². The number of alkyl halides is 1. The Bertz CT molecular complexity index is 208. The number of halogens is 1. The lowest BCUT2D eigenvalue weighted by Gasteiger charge is -2.25. The number of hydrogen-bond acceptors (Lipinski definition) is 1. The number of allylic oxidation sites excluding steroid dienone is 2. The first-order valence-corrected chi connectivity index (χ1v) is 5.29. The van der Waals surface area contributed by atoms with Crippen molar-refractivity contribution in [2.24, 2.45) is 5.92 Å². The zero-order valence-electron chi connectivity index (χ0n) is 7.39. The molecule has 0 heterocycles. The lowest BCUT2D eigenvalue weighted by molar-refractivity contribution is 0.389. The van der Waals surface area contributed by atoms with Crippen LogP contribution in [-0.4, -0.2) is 9.93 Å². The highest BCUT2D eigenvalue weighted by Gasteiger charge is 2.22. The molecule has 1 aliphatic rings. The van der Waals surface area contributed by atoms with E-state index < -0.39 is 0 Å². The van der Waals surface area contributed by atoms with Crippen molar-refractivity contribution in [1.82, 2.24) is 0 Å². The minimum Gasteiger partial charge on any atom is -0.508 e. The molecule has 0 aromatic rings. The van der Waals surface area contributed by atoms with Gasteiger partial charge in [-0.15, -0.1) is 0 Å². The van der Waals surface area contributed by atoms with Gasteiger partial charge in [0.1, 0.15) is 5.76 Å². The summed E-state index contributed by atoms with van der Waals surface area (Å²) in [4.78, 5) is 0.575. The minimum atomic E-state index is 0.251. The molecule has 1 N–H and O–H groups in total. The van der Waals surface area contributed by atoms with Gasteiger partial charge in [-0.3, -0.25) is 0 Å². The third kappa shape index (κ3) is 2.13. The van der Waals surface area contributed by atoms with Crippen molar-refractivity contribution >= 4 is 15.9 Å². The third-order valence-electron chi connectivity index (χ3n) is 2.40. The van der Waals surface area contributed by atoms with Gasteiger partial charge in [-0.05, 0) is 30.8 Å². The van der Waals surface area contributed by atoms with E-state index in [0.29, 0.717) is 10.7 Å². The first-order valence-electron chi connectivity index (χ1n) is 4.37. The second-order valence-electron chi connectivity index (χ2n) is 3.28. The number of aliphatic hydroxyl groups excluding tert-OH is 1. The maximum Gasteiger partial charge on any atom is 0.111 e. The molecule has 68 valence electrons. The Morgan fingerprint density at radius 2 is 2.50 bits per heavy atom. The maximum atomic E-state index is 9.29. The lowest BCUT2D eigenvalue weighted by Crippen LogP contribution is -2.16. The molecule has 0 aliphatic heterocycles. The van der Waals surface area contributed by atoms with Crippen LogP contribution in [0.1, 0.15) is 26.2 Å². The summed E-state index contributed by atoms with van der Waals surface area (Å²) in [6.07, 6.45) is 5.29. The summed E-state index contributed by atoms with van der Waals surface area (Å²) in [5.41, 5.74) is 1.05. The van der Waals surface area contributed by atoms with Gasteiger partial charge in [-0.1, -0.05) is 35.5 Å². The van der Waals surface area contributed by atoms with Crippen LogP contribution < -0.4 is 0 Å². The van der Waals surface area contributed by atoms with Gasteiger partial charge in [-0.2, -0.15) is 0 Å². The molecule has 0 saturated carbocycles. The fraction of sp³-hybridized carbons (Fsp3) is 0.600. The summed E-state index contributed by atoms with van der Waals surface area (Å²) in [6.45, 7) is 5.72. The third-order valence-corrected chi connectivity index (χ3v) is 3.15. The quantitative estimate of drug-likeness (QED) is 0.569. The van der Waals surface area contributed by atoms with E-state index in [0.717, 1.165) is 24.8 Å². The molecule has 2 unspecified atom stereocenters. The second-order valence-corrected chi connectivity index (χ2v) is 4.57. The first kappa shape index (κ1) is 9.85. The van der Waals surface area contributed by atoms with Crippen LogP contribution in [0, 0.1) is 5.92 Å². The predicted octanol–water partition coefficient (Wildman–Crippen LogP) is 3.57. The Labute approximate surface area is 82.3 Å². The summed E-state index contributed by atoms with van der Waals surface area (Å²) in [7, 11) is 0. The zero-order valence-corrected chi connectivity index (χ0v) is 8.97. The van der Waals surface area contributed by atoms with Gasteiger partial charge in [0.2, 0.25) is 0 Å².